The van der Waals surface area contributed by atoms with E-state index in [0.29, 0.717) is 0 Å². The van der Waals surface area contributed by atoms with Crippen molar-refractivity contribution < 1.29 is 0 Å². The van der Waals surface area contributed by atoms with E-state index < -0.39 is 0 Å². The van der Waals surface area contributed by atoms with Crippen LogP contribution in [-0.4, -0.2) is 9.97 Å². The molecule has 0 unspecified atom stereocenters. The van der Waals surface area contributed by atoms with Gasteiger partial charge in [-0.3, -0.25) is 9.97 Å². The molecule has 2 nitrogen and oxygen atoms in total. The summed E-state index contributed by atoms with van der Waals surface area (Å²) in [5, 5.41) is 1.31. The molecule has 3 heteroatoms. The highest BCUT2D eigenvalue weighted by atomic mass is 32.1. The van der Waals surface area contributed by atoms with Gasteiger partial charge in [0.1, 0.15) is 0 Å². The second kappa shape index (κ2) is 7.37. The first-order chi connectivity index (χ1) is 13.9. The summed E-state index contributed by atoms with van der Waals surface area (Å²) in [7, 11) is 0. The van der Waals surface area contributed by atoms with Crippen LogP contribution in [0.5, 0.6) is 0 Å². The zero-order valence-corrected chi connectivity index (χ0v) is 16.1. The van der Waals surface area contributed by atoms with Gasteiger partial charge in [-0.05, 0) is 46.8 Å². The molecule has 0 amide bonds. The number of hydrogen-bond donors (Lipinski definition) is 0. The number of hydrogen-bond acceptors (Lipinski definition) is 3. The van der Waals surface area contributed by atoms with E-state index in [4.69, 9.17) is 0 Å². The predicted octanol–water partition coefficient (Wildman–Crippen LogP) is 6.62. The van der Waals surface area contributed by atoms with Crippen LogP contribution in [0.1, 0.15) is 11.1 Å². The van der Waals surface area contributed by atoms with Crippen LogP contribution in [0.15, 0.2) is 97.3 Å². The first kappa shape index (κ1) is 16.8. The van der Waals surface area contributed by atoms with E-state index in [1.165, 1.54) is 31.7 Å². The number of rotatable bonds is 4. The highest BCUT2D eigenvalue weighted by molar-refractivity contribution is 7.22. The zero-order chi connectivity index (χ0) is 18.8. The maximum absolute atomic E-state index is 4.63. The quantitative estimate of drug-likeness (QED) is 0.351. The molecule has 0 N–H and O–H groups in total. The lowest BCUT2D eigenvalue weighted by Crippen LogP contribution is -1.95. The van der Waals surface area contributed by atoms with Crippen LogP contribution >= 0.6 is 11.3 Å². The molecule has 0 fully saturated rings. The molecule has 0 bridgehead atoms. The average Bonchev–Trinajstić information content (AvgIpc) is 3.14. The molecule has 5 rings (SSSR count). The van der Waals surface area contributed by atoms with E-state index >= 15 is 0 Å². The molecule has 0 saturated heterocycles. The van der Waals surface area contributed by atoms with Crippen molar-refractivity contribution in [2.24, 2.45) is 0 Å². The smallest absolute Gasteiger partial charge is 0.0805 e. The molecule has 3 aromatic heterocycles. The van der Waals surface area contributed by atoms with Crippen LogP contribution < -0.4 is 0 Å². The van der Waals surface area contributed by atoms with Crippen molar-refractivity contribution in [1.29, 1.82) is 0 Å². The fourth-order valence-corrected chi connectivity index (χ4v) is 4.81. The van der Waals surface area contributed by atoms with Crippen LogP contribution in [-0.2, 0) is 6.42 Å². The van der Waals surface area contributed by atoms with E-state index in [-0.39, 0.29) is 0 Å². The Morgan fingerprint density at radius 3 is 2.11 bits per heavy atom. The third kappa shape index (κ3) is 3.10. The van der Waals surface area contributed by atoms with Crippen LogP contribution in [0.2, 0.25) is 0 Å². The van der Waals surface area contributed by atoms with Gasteiger partial charge in [-0.15, -0.1) is 11.3 Å². The third-order valence-electron chi connectivity index (χ3n) is 4.92. The molecular formula is C25H18N2S. The Bertz CT molecular complexity index is 1230. The minimum atomic E-state index is 0.850. The van der Waals surface area contributed by atoms with Gasteiger partial charge in [-0.25, -0.2) is 0 Å². The molecule has 0 aliphatic carbocycles. The Labute approximate surface area is 168 Å². The highest BCUT2D eigenvalue weighted by Crippen LogP contribution is 2.39. The van der Waals surface area contributed by atoms with Crippen LogP contribution in [0.3, 0.4) is 0 Å². The van der Waals surface area contributed by atoms with Gasteiger partial charge in [-0.2, -0.15) is 0 Å². The van der Waals surface area contributed by atoms with Gasteiger partial charge in [-0.1, -0.05) is 54.6 Å². The molecular weight excluding hydrogens is 360 g/mol. The SMILES string of the molecule is c1ccc(-c2ccccc2Cc2c(-c3ccccn3)sc3ccccc23)nc1. The lowest BCUT2D eigenvalue weighted by molar-refractivity contribution is 1.20. The molecule has 134 valence electrons. The Morgan fingerprint density at radius 1 is 0.643 bits per heavy atom. The van der Waals surface area contributed by atoms with Crippen molar-refractivity contribution in [3.8, 4) is 21.8 Å². The Hall–Kier alpha value is -3.30. The number of aromatic nitrogens is 2. The summed E-state index contributed by atoms with van der Waals surface area (Å²) >= 11 is 1.82. The molecule has 0 aliphatic heterocycles. The van der Waals surface area contributed by atoms with E-state index in [9.17, 15) is 0 Å². The summed E-state index contributed by atoms with van der Waals surface area (Å²) in [5.41, 5.74) is 5.85. The minimum Gasteiger partial charge on any atom is -0.256 e. The predicted molar refractivity (Wildman–Crippen MR) is 118 cm³/mol. The summed E-state index contributed by atoms with van der Waals surface area (Å²) in [5.74, 6) is 0. The van der Waals surface area contributed by atoms with Crippen LogP contribution in [0.25, 0.3) is 31.9 Å². The molecule has 0 radical (unpaired) electrons. The van der Waals surface area contributed by atoms with Crippen molar-refractivity contribution in [2.45, 2.75) is 6.42 Å². The van der Waals surface area contributed by atoms with Gasteiger partial charge < -0.3 is 0 Å². The number of fused-ring (bicyclic) bond motifs is 1. The van der Waals surface area contributed by atoms with Crippen LogP contribution in [0.4, 0.5) is 0 Å². The van der Waals surface area contributed by atoms with Crippen molar-refractivity contribution in [3.05, 3.63) is 108 Å². The summed E-state index contributed by atoms with van der Waals surface area (Å²) in [6.45, 7) is 0. The van der Waals surface area contributed by atoms with Gasteiger partial charge in [0, 0.05) is 29.1 Å². The molecule has 5 aromatic rings. The summed E-state index contributed by atoms with van der Waals surface area (Å²) in [4.78, 5) is 10.4. The van der Waals surface area contributed by atoms with Gasteiger partial charge in [0.05, 0.1) is 16.3 Å². The topological polar surface area (TPSA) is 25.8 Å². The Kier molecular flexibility index (Phi) is 4.43. The van der Waals surface area contributed by atoms with Crippen LogP contribution in [0, 0.1) is 0 Å². The molecule has 0 spiro atoms. The summed E-state index contributed by atoms with van der Waals surface area (Å²) < 4.78 is 1.30. The normalized spacial score (nSPS) is 11.0. The van der Waals surface area contributed by atoms with Crippen molar-refractivity contribution in [3.63, 3.8) is 0 Å². The number of pyridine rings is 2. The third-order valence-corrected chi connectivity index (χ3v) is 6.16. The molecule has 3 heterocycles. The van der Waals surface area contributed by atoms with E-state index in [0.717, 1.165) is 17.8 Å². The second-order valence-electron chi connectivity index (χ2n) is 6.67. The molecule has 2 aromatic carbocycles. The second-order valence-corrected chi connectivity index (χ2v) is 7.72. The van der Waals surface area contributed by atoms with Gasteiger partial charge in [0.15, 0.2) is 0 Å². The fourth-order valence-electron chi connectivity index (χ4n) is 3.62. The first-order valence-corrected chi connectivity index (χ1v) is 10.1. The standard InChI is InChI=1S/C25H18N2S/c1-2-10-19(22-12-5-7-15-26-22)18(9-1)17-21-20-11-3-4-14-24(20)28-25(21)23-13-6-8-16-27-23/h1-16H,17H2. The maximum atomic E-state index is 4.63. The molecule has 0 atom stereocenters. The van der Waals surface area contributed by atoms with Crippen molar-refractivity contribution in [2.75, 3.05) is 0 Å². The number of nitrogens with zero attached hydrogens (tertiary/aromatic N) is 2. The summed E-state index contributed by atoms with van der Waals surface area (Å²) in [6, 6.07) is 29.4. The lowest BCUT2D eigenvalue weighted by Gasteiger charge is -2.10. The van der Waals surface area contributed by atoms with E-state index in [1.807, 2.05) is 41.9 Å². The maximum Gasteiger partial charge on any atom is 0.0805 e. The number of benzene rings is 2. The lowest BCUT2D eigenvalue weighted by atomic mass is 9.95. The highest BCUT2D eigenvalue weighted by Gasteiger charge is 2.16. The molecule has 28 heavy (non-hydrogen) atoms. The minimum absolute atomic E-state index is 0.850. The van der Waals surface area contributed by atoms with Crippen molar-refractivity contribution >= 4 is 21.4 Å². The van der Waals surface area contributed by atoms with E-state index in [2.05, 4.69) is 76.7 Å². The van der Waals surface area contributed by atoms with E-state index in [1.54, 1.807) is 0 Å². The Morgan fingerprint density at radius 2 is 1.32 bits per heavy atom. The van der Waals surface area contributed by atoms with Gasteiger partial charge >= 0.3 is 0 Å². The Balaban J connectivity index is 1.68. The van der Waals surface area contributed by atoms with Gasteiger partial charge in [0.2, 0.25) is 0 Å². The fraction of sp³-hybridized carbons (Fsp3) is 0.0400. The first-order valence-electron chi connectivity index (χ1n) is 9.31. The zero-order valence-electron chi connectivity index (χ0n) is 15.2. The molecule has 0 aliphatic rings. The largest absolute Gasteiger partial charge is 0.256 e. The summed E-state index contributed by atoms with van der Waals surface area (Å²) in [6.07, 6.45) is 4.57. The monoisotopic (exact) mass is 378 g/mol. The number of thiophene rings is 1. The van der Waals surface area contributed by atoms with Gasteiger partial charge in [0.25, 0.3) is 0 Å². The molecule has 0 saturated carbocycles. The average molecular weight is 379 g/mol. The van der Waals surface area contributed by atoms with Crippen molar-refractivity contribution in [1.82, 2.24) is 9.97 Å².